The number of carboxylic acids is 1. The molecule has 10 heteroatoms. The Morgan fingerprint density at radius 1 is 1.13 bits per heavy atom. The smallest absolute Gasteiger partial charge is 0.341 e. The minimum atomic E-state index is -1.11. The molecule has 0 aliphatic heterocycles. The molecule has 3 aromatic heterocycles. The summed E-state index contributed by atoms with van der Waals surface area (Å²) in [4.78, 5) is 37.0. The zero-order valence-electron chi connectivity index (χ0n) is 22.0. The van der Waals surface area contributed by atoms with Gasteiger partial charge >= 0.3 is 5.97 Å². The fourth-order valence-corrected chi connectivity index (χ4v) is 6.20. The molecule has 1 aliphatic carbocycles. The highest BCUT2D eigenvalue weighted by molar-refractivity contribution is 7.22. The summed E-state index contributed by atoms with van der Waals surface area (Å²) in [6, 6.07) is 9.56. The first kappa shape index (κ1) is 25.8. The Morgan fingerprint density at radius 3 is 2.47 bits per heavy atom. The predicted octanol–water partition coefficient (Wildman–Crippen LogP) is 5.85. The van der Waals surface area contributed by atoms with E-state index < -0.39 is 5.97 Å². The second-order valence-corrected chi connectivity index (χ2v) is 11.3. The minimum absolute atomic E-state index is 0.0166. The molecule has 0 saturated heterocycles. The van der Waals surface area contributed by atoms with E-state index in [9.17, 15) is 14.7 Å². The third kappa shape index (κ3) is 4.88. The summed E-state index contributed by atoms with van der Waals surface area (Å²) in [7, 11) is 1.84. The Morgan fingerprint density at radius 2 is 1.84 bits per heavy atom. The number of carboxylic acid groups (broad SMARTS) is 1. The minimum Gasteiger partial charge on any atom is -0.477 e. The first-order valence-corrected chi connectivity index (χ1v) is 13.8. The first-order chi connectivity index (χ1) is 18.3. The standard InChI is InChI=1S/C28H32N6O3S/c1-16(2)34(27(35)19-7-5-17(3)6-8-19)26-21(28(36)37)14-33(32-26)20-11-9-18(10-12-20)23-13-22-24(38-23)25(29-4)31-15-30-22/h9-17,19H,5-8H2,1-4H3,(H,36,37)(H,29,30,31)/t17-,19-. The number of carbonyl (C=O) groups excluding carboxylic acids is 1. The van der Waals surface area contributed by atoms with Crippen LogP contribution in [0.1, 0.15) is 56.8 Å². The van der Waals surface area contributed by atoms with Crippen LogP contribution in [0.5, 0.6) is 0 Å². The molecule has 198 valence electrons. The van der Waals surface area contributed by atoms with Crippen molar-refractivity contribution in [1.82, 2.24) is 19.7 Å². The van der Waals surface area contributed by atoms with Crippen molar-refractivity contribution in [2.24, 2.45) is 11.8 Å². The van der Waals surface area contributed by atoms with Crippen LogP contribution in [0, 0.1) is 11.8 Å². The number of hydrogen-bond donors (Lipinski definition) is 2. The van der Waals surface area contributed by atoms with Crippen LogP contribution in [-0.2, 0) is 4.79 Å². The number of amides is 1. The van der Waals surface area contributed by atoms with Crippen LogP contribution in [0.2, 0.25) is 0 Å². The van der Waals surface area contributed by atoms with Gasteiger partial charge in [0.15, 0.2) is 5.82 Å². The van der Waals surface area contributed by atoms with Crippen molar-refractivity contribution in [2.75, 3.05) is 17.3 Å². The highest BCUT2D eigenvalue weighted by Gasteiger charge is 2.34. The third-order valence-corrected chi connectivity index (χ3v) is 8.42. The lowest BCUT2D eigenvalue weighted by molar-refractivity contribution is -0.124. The molecule has 0 spiro atoms. The van der Waals surface area contributed by atoms with Crippen LogP contribution in [-0.4, -0.2) is 49.8 Å². The van der Waals surface area contributed by atoms with Crippen LogP contribution in [0.3, 0.4) is 0 Å². The average Bonchev–Trinajstić information content (AvgIpc) is 3.54. The van der Waals surface area contributed by atoms with E-state index in [1.54, 1.807) is 27.2 Å². The lowest BCUT2D eigenvalue weighted by atomic mass is 9.82. The molecular weight excluding hydrogens is 500 g/mol. The molecule has 1 aromatic carbocycles. The van der Waals surface area contributed by atoms with Crippen molar-refractivity contribution in [2.45, 2.75) is 52.5 Å². The summed E-state index contributed by atoms with van der Waals surface area (Å²) in [5, 5.41) is 17.7. The van der Waals surface area contributed by atoms with Crippen LogP contribution in [0.4, 0.5) is 11.6 Å². The van der Waals surface area contributed by atoms with Crippen LogP contribution in [0.25, 0.3) is 26.3 Å². The molecule has 1 fully saturated rings. The number of aromatic nitrogens is 4. The number of hydrogen-bond acceptors (Lipinski definition) is 7. The lowest BCUT2D eigenvalue weighted by Gasteiger charge is -2.32. The van der Waals surface area contributed by atoms with Gasteiger partial charge in [0.2, 0.25) is 5.91 Å². The van der Waals surface area contributed by atoms with E-state index in [1.165, 1.54) is 6.20 Å². The van der Waals surface area contributed by atoms with E-state index in [2.05, 4.69) is 27.3 Å². The predicted molar refractivity (Wildman–Crippen MR) is 150 cm³/mol. The van der Waals surface area contributed by atoms with E-state index >= 15 is 0 Å². The zero-order valence-corrected chi connectivity index (χ0v) is 22.8. The van der Waals surface area contributed by atoms with Crippen molar-refractivity contribution >= 4 is 45.1 Å². The highest BCUT2D eigenvalue weighted by Crippen LogP contribution is 2.36. The lowest BCUT2D eigenvalue weighted by Crippen LogP contribution is -2.43. The van der Waals surface area contributed by atoms with E-state index in [0.717, 1.165) is 52.2 Å². The molecule has 3 heterocycles. The van der Waals surface area contributed by atoms with Gasteiger partial charge in [-0.1, -0.05) is 19.1 Å². The molecule has 5 rings (SSSR count). The summed E-state index contributed by atoms with van der Waals surface area (Å²) < 4.78 is 2.53. The number of nitrogens with zero attached hydrogens (tertiary/aromatic N) is 5. The number of anilines is 2. The van der Waals surface area contributed by atoms with Gasteiger partial charge in [-0.05, 0) is 69.2 Å². The monoisotopic (exact) mass is 532 g/mol. The van der Waals surface area contributed by atoms with Gasteiger partial charge in [-0.2, -0.15) is 0 Å². The van der Waals surface area contributed by atoms with E-state index in [4.69, 9.17) is 0 Å². The first-order valence-electron chi connectivity index (χ1n) is 13.0. The third-order valence-electron chi connectivity index (χ3n) is 7.24. The molecule has 1 amide bonds. The summed E-state index contributed by atoms with van der Waals surface area (Å²) in [6.07, 6.45) is 6.71. The maximum Gasteiger partial charge on any atom is 0.341 e. The summed E-state index contributed by atoms with van der Waals surface area (Å²) in [5.74, 6) is 0.361. The van der Waals surface area contributed by atoms with Gasteiger partial charge in [0, 0.05) is 30.1 Å². The molecule has 9 nitrogen and oxygen atoms in total. The van der Waals surface area contributed by atoms with Gasteiger partial charge in [-0.25, -0.2) is 19.4 Å². The Balaban J connectivity index is 1.46. The SMILES string of the molecule is CNc1ncnc2cc(-c3ccc(-n4cc(C(=O)O)c(N(C(=O)[C@H]5CC[C@H](C)CC5)C(C)C)n4)cc3)sc12. The molecule has 4 aromatic rings. The van der Waals surface area contributed by atoms with Crippen LogP contribution in [0.15, 0.2) is 42.9 Å². The second-order valence-electron chi connectivity index (χ2n) is 10.2. The molecule has 0 unspecified atom stereocenters. The van der Waals surface area contributed by atoms with E-state index in [-0.39, 0.29) is 29.2 Å². The van der Waals surface area contributed by atoms with Crippen molar-refractivity contribution in [1.29, 1.82) is 0 Å². The van der Waals surface area contributed by atoms with Crippen molar-refractivity contribution in [3.63, 3.8) is 0 Å². The van der Waals surface area contributed by atoms with E-state index in [1.807, 2.05) is 51.2 Å². The summed E-state index contributed by atoms with van der Waals surface area (Å²) in [6.45, 7) is 6.01. The number of nitrogens with one attached hydrogen (secondary N) is 1. The quantitative estimate of drug-likeness (QED) is 0.307. The second kappa shape index (κ2) is 10.5. The highest BCUT2D eigenvalue weighted by atomic mass is 32.1. The summed E-state index contributed by atoms with van der Waals surface area (Å²) in [5.41, 5.74) is 2.61. The fourth-order valence-electron chi connectivity index (χ4n) is 5.09. The molecule has 0 atom stereocenters. The maximum absolute atomic E-state index is 13.6. The van der Waals surface area contributed by atoms with Gasteiger partial charge < -0.3 is 10.4 Å². The van der Waals surface area contributed by atoms with Gasteiger partial charge in [-0.3, -0.25) is 9.69 Å². The fraction of sp³-hybridized carbons (Fsp3) is 0.393. The van der Waals surface area contributed by atoms with Gasteiger partial charge in [-0.15, -0.1) is 16.4 Å². The van der Waals surface area contributed by atoms with Crippen LogP contribution >= 0.6 is 11.3 Å². The number of fused-ring (bicyclic) bond motifs is 1. The van der Waals surface area contributed by atoms with Gasteiger partial charge in [0.05, 0.1) is 15.9 Å². The molecular formula is C28H32N6O3S. The van der Waals surface area contributed by atoms with E-state index in [0.29, 0.717) is 11.6 Å². The van der Waals surface area contributed by atoms with Crippen molar-refractivity contribution in [3.05, 3.63) is 48.4 Å². The van der Waals surface area contributed by atoms with Crippen molar-refractivity contribution in [3.8, 4) is 16.1 Å². The number of carbonyl (C=O) groups is 2. The Labute approximate surface area is 225 Å². The number of aromatic carboxylic acids is 1. The number of rotatable bonds is 7. The zero-order chi connectivity index (χ0) is 27.0. The topological polar surface area (TPSA) is 113 Å². The largest absolute Gasteiger partial charge is 0.477 e. The van der Waals surface area contributed by atoms with Crippen LogP contribution < -0.4 is 10.2 Å². The van der Waals surface area contributed by atoms with Crippen molar-refractivity contribution < 1.29 is 14.7 Å². The molecule has 1 saturated carbocycles. The number of benzene rings is 1. The molecule has 0 bridgehead atoms. The Kier molecular flexibility index (Phi) is 7.16. The van der Waals surface area contributed by atoms with Gasteiger partial charge in [0.25, 0.3) is 0 Å². The summed E-state index contributed by atoms with van der Waals surface area (Å²) >= 11 is 1.61. The Bertz CT molecular complexity index is 1470. The van der Waals surface area contributed by atoms with Gasteiger partial charge in [0.1, 0.15) is 17.7 Å². The Hall–Kier alpha value is -3.79. The average molecular weight is 533 g/mol. The molecule has 38 heavy (non-hydrogen) atoms. The molecule has 0 radical (unpaired) electrons. The molecule has 1 aliphatic rings. The normalized spacial score (nSPS) is 17.6. The number of thiophene rings is 1. The molecule has 2 N–H and O–H groups in total. The maximum atomic E-state index is 13.6.